The van der Waals surface area contributed by atoms with Gasteiger partial charge in [-0.05, 0) is 133 Å². The van der Waals surface area contributed by atoms with E-state index in [0.29, 0.717) is 0 Å². The van der Waals surface area contributed by atoms with Crippen molar-refractivity contribution in [1.29, 1.82) is 0 Å². The quantitative estimate of drug-likeness (QED) is 0.128. The molecule has 0 fully saturated rings. The summed E-state index contributed by atoms with van der Waals surface area (Å²) in [4.78, 5) is 0. The molecule has 0 aliphatic rings. The van der Waals surface area contributed by atoms with Gasteiger partial charge in [0.25, 0.3) is 0 Å². The first-order valence-electron chi connectivity index (χ1n) is 18.8. The molecule has 11 aromatic carbocycles. The average Bonchev–Trinajstić information content (AvgIpc) is 3.24. The third-order valence-corrected chi connectivity index (χ3v) is 11.4. The van der Waals surface area contributed by atoms with Crippen molar-refractivity contribution in [3.05, 3.63) is 206 Å². The number of rotatable bonds is 4. The van der Waals surface area contributed by atoms with Crippen LogP contribution in [-0.2, 0) is 0 Å². The molecule has 0 saturated carbocycles. The summed E-state index contributed by atoms with van der Waals surface area (Å²) < 4.78 is 0. The summed E-state index contributed by atoms with van der Waals surface area (Å²) in [5.41, 5.74) is 9.93. The molecule has 0 aliphatic carbocycles. The van der Waals surface area contributed by atoms with Crippen LogP contribution in [0.25, 0.3) is 109 Å². The zero-order chi connectivity index (χ0) is 35.6. The molecule has 0 saturated heterocycles. The molecule has 0 aliphatic heterocycles. The smallest absolute Gasteiger partial charge is 0.00199 e. The third kappa shape index (κ3) is 4.85. The molecule has 0 nitrogen and oxygen atoms in total. The topological polar surface area (TPSA) is 0 Å². The molecule has 0 heteroatoms. The van der Waals surface area contributed by atoms with Crippen LogP contribution in [0, 0.1) is 0 Å². The minimum Gasteiger partial charge on any atom is -0.0616 e. The Labute approximate surface area is 314 Å². The number of fused-ring (bicyclic) bond motifs is 7. The lowest BCUT2D eigenvalue weighted by Crippen LogP contribution is -1.95. The van der Waals surface area contributed by atoms with Crippen molar-refractivity contribution in [2.45, 2.75) is 0 Å². The standard InChI is InChI=1S/C54H34/c1-3-16-38-31-40(28-25-35(38)13-1)44-19-7-9-21-46(44)53-48-23-11-12-24-49(48)54(52-34-50-42(33-51(52)53)30-27-37-15-5-6-18-43(37)50)47-22-10-8-20-45(47)41-29-26-36-14-2-4-17-39(36)32-41/h1-34H. The average molecular weight is 683 g/mol. The van der Waals surface area contributed by atoms with Crippen molar-refractivity contribution >= 4 is 64.6 Å². The highest BCUT2D eigenvalue weighted by molar-refractivity contribution is 6.27. The van der Waals surface area contributed by atoms with Gasteiger partial charge in [0.1, 0.15) is 0 Å². The molecule has 0 spiro atoms. The minimum absolute atomic E-state index is 1.22. The third-order valence-electron chi connectivity index (χ3n) is 11.4. The first kappa shape index (κ1) is 30.6. The molecule has 0 atom stereocenters. The Morgan fingerprint density at radius 1 is 0.185 bits per heavy atom. The van der Waals surface area contributed by atoms with Crippen molar-refractivity contribution in [2.24, 2.45) is 0 Å². The monoisotopic (exact) mass is 682 g/mol. The highest BCUT2D eigenvalue weighted by atomic mass is 14.2. The Balaban J connectivity index is 1.28. The molecular weight excluding hydrogens is 649 g/mol. The Hall–Kier alpha value is -7.02. The lowest BCUT2D eigenvalue weighted by molar-refractivity contribution is 1.61. The van der Waals surface area contributed by atoms with Crippen LogP contribution in [0.3, 0.4) is 0 Å². The number of benzene rings is 11. The van der Waals surface area contributed by atoms with E-state index in [0.717, 1.165) is 0 Å². The Morgan fingerprint density at radius 2 is 0.574 bits per heavy atom. The maximum absolute atomic E-state index is 2.48. The first-order valence-corrected chi connectivity index (χ1v) is 18.8. The van der Waals surface area contributed by atoms with Crippen LogP contribution in [-0.4, -0.2) is 0 Å². The fourth-order valence-electron chi connectivity index (χ4n) is 8.88. The maximum Gasteiger partial charge on any atom is -0.00199 e. The zero-order valence-electron chi connectivity index (χ0n) is 29.6. The van der Waals surface area contributed by atoms with Gasteiger partial charge in [0.05, 0.1) is 0 Å². The molecule has 0 unspecified atom stereocenters. The van der Waals surface area contributed by atoms with Gasteiger partial charge in [0, 0.05) is 0 Å². The number of hydrogen-bond donors (Lipinski definition) is 0. The van der Waals surface area contributed by atoms with Gasteiger partial charge >= 0.3 is 0 Å². The summed E-state index contributed by atoms with van der Waals surface area (Å²) in [5.74, 6) is 0. The number of hydrogen-bond acceptors (Lipinski definition) is 0. The van der Waals surface area contributed by atoms with Crippen LogP contribution in [0.1, 0.15) is 0 Å². The van der Waals surface area contributed by atoms with Gasteiger partial charge < -0.3 is 0 Å². The largest absolute Gasteiger partial charge is 0.0616 e. The van der Waals surface area contributed by atoms with Crippen molar-refractivity contribution in [3.8, 4) is 44.5 Å². The van der Waals surface area contributed by atoms with E-state index in [1.54, 1.807) is 0 Å². The molecule has 11 aromatic rings. The summed E-state index contributed by atoms with van der Waals surface area (Å²) in [6.07, 6.45) is 0. The predicted molar refractivity (Wildman–Crippen MR) is 233 cm³/mol. The Morgan fingerprint density at radius 3 is 1.13 bits per heavy atom. The van der Waals surface area contributed by atoms with Crippen LogP contribution in [0.4, 0.5) is 0 Å². The first-order chi connectivity index (χ1) is 26.8. The van der Waals surface area contributed by atoms with Gasteiger partial charge in [-0.1, -0.05) is 182 Å². The van der Waals surface area contributed by atoms with Crippen molar-refractivity contribution < 1.29 is 0 Å². The summed E-state index contributed by atoms with van der Waals surface area (Å²) in [6.45, 7) is 0. The summed E-state index contributed by atoms with van der Waals surface area (Å²) in [6, 6.07) is 76.3. The zero-order valence-corrected chi connectivity index (χ0v) is 29.6. The van der Waals surface area contributed by atoms with E-state index >= 15 is 0 Å². The second-order valence-corrected chi connectivity index (χ2v) is 14.4. The molecule has 0 N–H and O–H groups in total. The highest BCUT2D eigenvalue weighted by Gasteiger charge is 2.22. The van der Waals surface area contributed by atoms with Gasteiger partial charge in [-0.15, -0.1) is 0 Å². The van der Waals surface area contributed by atoms with Crippen LogP contribution in [0.15, 0.2) is 206 Å². The maximum atomic E-state index is 2.48. The Bertz CT molecular complexity index is 3270. The lowest BCUT2D eigenvalue weighted by Gasteiger charge is -2.22. The van der Waals surface area contributed by atoms with E-state index in [2.05, 4.69) is 206 Å². The minimum atomic E-state index is 1.22. The molecule has 54 heavy (non-hydrogen) atoms. The highest BCUT2D eigenvalue weighted by Crippen LogP contribution is 2.49. The molecular formula is C54H34. The van der Waals surface area contributed by atoms with Gasteiger partial charge in [-0.2, -0.15) is 0 Å². The van der Waals surface area contributed by atoms with E-state index < -0.39 is 0 Å². The molecule has 0 radical (unpaired) electrons. The van der Waals surface area contributed by atoms with Gasteiger partial charge in [-0.25, -0.2) is 0 Å². The van der Waals surface area contributed by atoms with Gasteiger partial charge in [-0.3, -0.25) is 0 Å². The molecule has 0 heterocycles. The second-order valence-electron chi connectivity index (χ2n) is 14.4. The van der Waals surface area contributed by atoms with Crippen molar-refractivity contribution in [1.82, 2.24) is 0 Å². The lowest BCUT2D eigenvalue weighted by atomic mass is 9.81. The van der Waals surface area contributed by atoms with E-state index in [-0.39, 0.29) is 0 Å². The molecule has 250 valence electrons. The predicted octanol–water partition coefficient (Wildman–Crippen LogP) is 15.3. The van der Waals surface area contributed by atoms with Crippen molar-refractivity contribution in [3.63, 3.8) is 0 Å². The van der Waals surface area contributed by atoms with E-state index in [1.807, 2.05) is 0 Å². The molecule has 0 aromatic heterocycles. The fraction of sp³-hybridized carbons (Fsp3) is 0. The van der Waals surface area contributed by atoms with Gasteiger partial charge in [0.2, 0.25) is 0 Å². The van der Waals surface area contributed by atoms with Gasteiger partial charge in [0.15, 0.2) is 0 Å². The van der Waals surface area contributed by atoms with Crippen LogP contribution in [0.5, 0.6) is 0 Å². The molecule has 0 bridgehead atoms. The fourth-order valence-corrected chi connectivity index (χ4v) is 8.88. The summed E-state index contributed by atoms with van der Waals surface area (Å²) >= 11 is 0. The summed E-state index contributed by atoms with van der Waals surface area (Å²) in [5, 5.41) is 15.1. The van der Waals surface area contributed by atoms with Crippen molar-refractivity contribution in [2.75, 3.05) is 0 Å². The second kappa shape index (κ2) is 12.3. The van der Waals surface area contributed by atoms with Crippen LogP contribution >= 0.6 is 0 Å². The molecule has 0 amide bonds. The van der Waals surface area contributed by atoms with Crippen LogP contribution < -0.4 is 0 Å². The molecule has 11 rings (SSSR count). The Kier molecular flexibility index (Phi) is 6.97. The van der Waals surface area contributed by atoms with E-state index in [4.69, 9.17) is 0 Å². The van der Waals surface area contributed by atoms with Crippen LogP contribution in [0.2, 0.25) is 0 Å². The SMILES string of the molecule is c1ccc(-c2c3ccccc3c(-c3ccccc3-c3ccc4ccccc4c3)c3cc4c(ccc5ccccc54)cc23)c(-c2ccc3ccccc3c2)c1. The normalized spacial score (nSPS) is 11.7. The van der Waals surface area contributed by atoms with E-state index in [1.165, 1.54) is 109 Å². The van der Waals surface area contributed by atoms with E-state index in [9.17, 15) is 0 Å². The summed E-state index contributed by atoms with van der Waals surface area (Å²) in [7, 11) is 0.